The van der Waals surface area contributed by atoms with Gasteiger partial charge in [-0.05, 0) is 60.7 Å². The maximum atomic E-state index is 13.0. The second-order valence-corrected chi connectivity index (χ2v) is 6.75. The van der Waals surface area contributed by atoms with Crippen LogP contribution in [0.25, 0.3) is 0 Å². The number of aryl methyl sites for hydroxylation is 2. The van der Waals surface area contributed by atoms with E-state index in [9.17, 15) is 18.0 Å². The predicted octanol–water partition coefficient (Wildman–Crippen LogP) is 4.28. The van der Waals surface area contributed by atoms with Crippen LogP contribution in [-0.4, -0.2) is 26.6 Å². The van der Waals surface area contributed by atoms with Crippen molar-refractivity contribution >= 4 is 17.3 Å². The fourth-order valence-corrected chi connectivity index (χ4v) is 3.18. The maximum absolute atomic E-state index is 13.0. The third-order valence-electron chi connectivity index (χ3n) is 4.52. The van der Waals surface area contributed by atoms with Crippen LogP contribution in [0.5, 0.6) is 5.75 Å². The molecule has 3 rings (SSSR count). The standard InChI is InChI=1S/C20H21F3N2O2/c1-25(2)18-9-7-15(20(21,22)23)11-17(18)24-19(26)12-27-16-8-6-13-4-3-5-14(13)10-16/h6-11H,3-5,12H2,1-2H3,(H,24,26). The van der Waals surface area contributed by atoms with Crippen LogP contribution in [0.2, 0.25) is 0 Å². The zero-order valence-electron chi connectivity index (χ0n) is 15.2. The van der Waals surface area contributed by atoms with Crippen LogP contribution in [0.15, 0.2) is 36.4 Å². The van der Waals surface area contributed by atoms with Gasteiger partial charge in [0.2, 0.25) is 0 Å². The van der Waals surface area contributed by atoms with Crippen molar-refractivity contribution in [1.82, 2.24) is 0 Å². The second-order valence-electron chi connectivity index (χ2n) is 6.75. The molecule has 27 heavy (non-hydrogen) atoms. The van der Waals surface area contributed by atoms with E-state index >= 15 is 0 Å². The summed E-state index contributed by atoms with van der Waals surface area (Å²) in [6.45, 7) is -0.276. The van der Waals surface area contributed by atoms with Gasteiger partial charge in [-0.1, -0.05) is 6.07 Å². The summed E-state index contributed by atoms with van der Waals surface area (Å²) in [6, 6.07) is 8.99. The van der Waals surface area contributed by atoms with Crippen molar-refractivity contribution in [3.8, 4) is 5.75 Å². The monoisotopic (exact) mass is 378 g/mol. The Morgan fingerprint density at radius 1 is 1.11 bits per heavy atom. The topological polar surface area (TPSA) is 41.6 Å². The Morgan fingerprint density at radius 2 is 1.85 bits per heavy atom. The molecular weight excluding hydrogens is 357 g/mol. The highest BCUT2D eigenvalue weighted by atomic mass is 19.4. The lowest BCUT2D eigenvalue weighted by molar-refractivity contribution is -0.137. The van der Waals surface area contributed by atoms with Gasteiger partial charge in [0.25, 0.3) is 5.91 Å². The number of anilines is 2. The number of amides is 1. The molecule has 0 atom stereocenters. The number of hydrogen-bond acceptors (Lipinski definition) is 3. The number of alkyl halides is 3. The van der Waals surface area contributed by atoms with Gasteiger partial charge in [0.1, 0.15) is 5.75 Å². The first kappa shape index (κ1) is 19.1. The van der Waals surface area contributed by atoms with Crippen molar-refractivity contribution in [3.05, 3.63) is 53.1 Å². The Kier molecular flexibility index (Phi) is 5.30. The largest absolute Gasteiger partial charge is 0.484 e. The molecular formula is C20H21F3N2O2. The number of ether oxygens (including phenoxy) is 1. The molecule has 0 aliphatic heterocycles. The first-order valence-corrected chi connectivity index (χ1v) is 8.67. The third-order valence-corrected chi connectivity index (χ3v) is 4.52. The molecule has 0 aromatic heterocycles. The van der Waals surface area contributed by atoms with Gasteiger partial charge < -0.3 is 15.0 Å². The van der Waals surface area contributed by atoms with Crippen molar-refractivity contribution in [2.24, 2.45) is 0 Å². The Labute approximate surface area is 155 Å². The number of rotatable bonds is 5. The van der Waals surface area contributed by atoms with Crippen LogP contribution in [0.1, 0.15) is 23.1 Å². The van der Waals surface area contributed by atoms with Crippen molar-refractivity contribution in [2.45, 2.75) is 25.4 Å². The van der Waals surface area contributed by atoms with Crippen LogP contribution >= 0.6 is 0 Å². The molecule has 144 valence electrons. The van der Waals surface area contributed by atoms with Crippen LogP contribution in [-0.2, 0) is 23.8 Å². The highest BCUT2D eigenvalue weighted by Crippen LogP contribution is 2.35. The summed E-state index contributed by atoms with van der Waals surface area (Å²) in [5.74, 6) is 0.0700. The van der Waals surface area contributed by atoms with Crippen LogP contribution in [0, 0.1) is 0 Å². The van der Waals surface area contributed by atoms with Gasteiger partial charge in [0.15, 0.2) is 6.61 Å². The summed E-state index contributed by atoms with van der Waals surface area (Å²) in [5.41, 5.74) is 2.28. The highest BCUT2D eigenvalue weighted by Gasteiger charge is 2.31. The second kappa shape index (κ2) is 7.50. The molecule has 0 heterocycles. The van der Waals surface area contributed by atoms with Crippen molar-refractivity contribution < 1.29 is 22.7 Å². The zero-order chi connectivity index (χ0) is 19.6. The summed E-state index contributed by atoms with van der Waals surface area (Å²) in [6.07, 6.45) is -1.32. The molecule has 0 saturated heterocycles. The zero-order valence-corrected chi connectivity index (χ0v) is 15.2. The molecule has 1 N–H and O–H groups in total. The minimum absolute atomic E-state index is 0.0948. The lowest BCUT2D eigenvalue weighted by Crippen LogP contribution is -2.22. The number of fused-ring (bicyclic) bond motifs is 1. The third kappa shape index (κ3) is 4.53. The van der Waals surface area contributed by atoms with E-state index in [1.54, 1.807) is 19.0 Å². The summed E-state index contributed by atoms with van der Waals surface area (Å²) in [7, 11) is 3.39. The van der Waals surface area contributed by atoms with Gasteiger partial charge >= 0.3 is 6.18 Å². The van der Waals surface area contributed by atoms with Crippen molar-refractivity contribution in [2.75, 3.05) is 30.9 Å². The fraction of sp³-hybridized carbons (Fsp3) is 0.350. The van der Waals surface area contributed by atoms with Crippen LogP contribution in [0.3, 0.4) is 0 Å². The van der Waals surface area contributed by atoms with E-state index < -0.39 is 17.6 Å². The van der Waals surface area contributed by atoms with Gasteiger partial charge in [-0.2, -0.15) is 13.2 Å². The Hall–Kier alpha value is -2.70. The predicted molar refractivity (Wildman–Crippen MR) is 98.4 cm³/mol. The SMILES string of the molecule is CN(C)c1ccc(C(F)(F)F)cc1NC(=O)COc1ccc2c(c1)CCC2. The minimum atomic E-state index is -4.48. The summed E-state index contributed by atoms with van der Waals surface area (Å²) in [5, 5.41) is 2.52. The maximum Gasteiger partial charge on any atom is 0.416 e. The quantitative estimate of drug-likeness (QED) is 0.845. The number of carbonyl (C=O) groups excluding carboxylic acids is 1. The molecule has 0 spiro atoms. The van der Waals surface area contributed by atoms with Crippen LogP contribution in [0.4, 0.5) is 24.5 Å². The van der Waals surface area contributed by atoms with E-state index in [1.807, 2.05) is 18.2 Å². The number of nitrogens with one attached hydrogen (secondary N) is 1. The highest BCUT2D eigenvalue weighted by molar-refractivity contribution is 5.95. The molecule has 0 fully saturated rings. The molecule has 0 bridgehead atoms. The average molecular weight is 378 g/mol. The first-order chi connectivity index (χ1) is 12.7. The van der Waals surface area contributed by atoms with E-state index in [2.05, 4.69) is 5.32 Å². The number of nitrogens with zero attached hydrogens (tertiary/aromatic N) is 1. The van der Waals surface area contributed by atoms with E-state index in [4.69, 9.17) is 4.74 Å². The summed E-state index contributed by atoms with van der Waals surface area (Å²) in [4.78, 5) is 13.9. The normalized spacial score (nSPS) is 13.2. The minimum Gasteiger partial charge on any atom is -0.484 e. The molecule has 4 nitrogen and oxygen atoms in total. The Morgan fingerprint density at radius 3 is 2.56 bits per heavy atom. The average Bonchev–Trinajstić information content (AvgIpc) is 3.06. The molecule has 1 aliphatic carbocycles. The number of hydrogen-bond donors (Lipinski definition) is 1. The van der Waals surface area contributed by atoms with E-state index in [0.717, 1.165) is 31.4 Å². The molecule has 1 aliphatic rings. The lowest BCUT2D eigenvalue weighted by Gasteiger charge is -2.20. The molecule has 7 heteroatoms. The number of carbonyl (C=O) groups is 1. The smallest absolute Gasteiger partial charge is 0.416 e. The molecule has 0 radical (unpaired) electrons. The van der Waals surface area contributed by atoms with Gasteiger partial charge in [-0.15, -0.1) is 0 Å². The lowest BCUT2D eigenvalue weighted by atomic mass is 10.1. The summed E-state index contributed by atoms with van der Waals surface area (Å²) >= 11 is 0. The molecule has 1 amide bonds. The van der Waals surface area contributed by atoms with E-state index in [1.165, 1.54) is 17.2 Å². The summed E-state index contributed by atoms with van der Waals surface area (Å²) < 4.78 is 44.4. The van der Waals surface area contributed by atoms with Gasteiger partial charge in [0, 0.05) is 14.1 Å². The van der Waals surface area contributed by atoms with Gasteiger partial charge in [0.05, 0.1) is 16.9 Å². The van der Waals surface area contributed by atoms with Gasteiger partial charge in [-0.25, -0.2) is 0 Å². The fourth-order valence-electron chi connectivity index (χ4n) is 3.18. The molecule has 2 aromatic carbocycles. The van der Waals surface area contributed by atoms with Crippen LogP contribution < -0.4 is 15.0 Å². The van der Waals surface area contributed by atoms with E-state index in [-0.39, 0.29) is 12.3 Å². The Balaban J connectivity index is 1.69. The number of halogens is 3. The first-order valence-electron chi connectivity index (χ1n) is 8.67. The molecule has 0 unspecified atom stereocenters. The van der Waals surface area contributed by atoms with Gasteiger partial charge in [-0.3, -0.25) is 4.79 Å². The van der Waals surface area contributed by atoms with Crippen molar-refractivity contribution in [1.29, 1.82) is 0 Å². The van der Waals surface area contributed by atoms with E-state index in [0.29, 0.717) is 11.4 Å². The molecule has 2 aromatic rings. The molecule has 0 saturated carbocycles. The Bertz CT molecular complexity index is 848. The number of benzene rings is 2. The van der Waals surface area contributed by atoms with Crippen molar-refractivity contribution in [3.63, 3.8) is 0 Å².